The van der Waals surface area contributed by atoms with E-state index >= 15 is 0 Å². The highest BCUT2D eigenvalue weighted by Gasteiger charge is 2.38. The molecule has 0 amide bonds. The van der Waals surface area contributed by atoms with Gasteiger partial charge in [0.25, 0.3) is 0 Å². The number of nitrogens with two attached hydrogens (primary N) is 1. The molecule has 5 nitrogen and oxygen atoms in total. The van der Waals surface area contributed by atoms with Crippen molar-refractivity contribution in [3.63, 3.8) is 0 Å². The van der Waals surface area contributed by atoms with Crippen molar-refractivity contribution in [3.8, 4) is 0 Å². The van der Waals surface area contributed by atoms with Crippen molar-refractivity contribution in [1.29, 1.82) is 0 Å². The number of sulfonamides is 1. The summed E-state index contributed by atoms with van der Waals surface area (Å²) >= 11 is 0. The lowest BCUT2D eigenvalue weighted by molar-refractivity contribution is -0.192. The first kappa shape index (κ1) is 18.4. The normalized spacial score (nSPS) is 13.1. The molecule has 0 fully saturated rings. The highest BCUT2D eigenvalue weighted by Crippen LogP contribution is 2.22. The molecular weight excluding hydrogens is 299 g/mol. The lowest BCUT2D eigenvalue weighted by Gasteiger charge is -2.11. The van der Waals surface area contributed by atoms with Gasteiger partial charge in [0.15, 0.2) is 0 Å². The number of rotatable bonds is 3. The van der Waals surface area contributed by atoms with E-state index in [1.807, 2.05) is 25.1 Å². The molecule has 0 aromatic heterocycles. The number of aliphatic carboxylic acids is 1. The lowest BCUT2D eigenvalue weighted by atomic mass is 10.1. The topological polar surface area (TPSA) is 97.5 Å². The van der Waals surface area contributed by atoms with Crippen LogP contribution in [-0.2, 0) is 14.8 Å². The summed E-state index contributed by atoms with van der Waals surface area (Å²) < 4.78 is 54.0. The number of carbonyl (C=O) groups is 1. The summed E-state index contributed by atoms with van der Waals surface area (Å²) in [5.74, 6) is -2.76. The van der Waals surface area contributed by atoms with E-state index in [4.69, 9.17) is 15.0 Å². The highest BCUT2D eigenvalue weighted by atomic mass is 32.2. The Morgan fingerprint density at radius 1 is 1.30 bits per heavy atom. The Balaban J connectivity index is 0.000000441. The molecule has 0 aliphatic heterocycles. The van der Waals surface area contributed by atoms with Crippen molar-refractivity contribution in [1.82, 2.24) is 0 Å². The minimum absolute atomic E-state index is 0.503. The predicted molar refractivity (Wildman–Crippen MR) is 66.3 cm³/mol. The van der Waals surface area contributed by atoms with Gasteiger partial charge in [-0.3, -0.25) is 0 Å². The summed E-state index contributed by atoms with van der Waals surface area (Å²) in [5.41, 5.74) is 0.757. The first-order chi connectivity index (χ1) is 9.00. The van der Waals surface area contributed by atoms with Gasteiger partial charge in [-0.15, -0.1) is 0 Å². The SMILES string of the molecule is CCC(c1ccccc1)S(N)(=O)=O.O=C(O)C(F)(F)F. The van der Waals surface area contributed by atoms with E-state index < -0.39 is 27.4 Å². The Bertz CT molecular complexity index is 528. The zero-order valence-corrected chi connectivity index (χ0v) is 11.3. The van der Waals surface area contributed by atoms with Crippen molar-refractivity contribution in [2.75, 3.05) is 0 Å². The van der Waals surface area contributed by atoms with Crippen molar-refractivity contribution in [3.05, 3.63) is 35.9 Å². The molecule has 1 rings (SSSR count). The van der Waals surface area contributed by atoms with E-state index in [9.17, 15) is 21.6 Å². The Kier molecular flexibility index (Phi) is 6.66. The largest absolute Gasteiger partial charge is 0.490 e. The van der Waals surface area contributed by atoms with Crippen LogP contribution >= 0.6 is 0 Å². The molecule has 9 heteroatoms. The van der Waals surface area contributed by atoms with Crippen LogP contribution in [-0.4, -0.2) is 25.7 Å². The van der Waals surface area contributed by atoms with Gasteiger partial charge in [-0.25, -0.2) is 18.4 Å². The van der Waals surface area contributed by atoms with Crippen LogP contribution < -0.4 is 5.14 Å². The van der Waals surface area contributed by atoms with Gasteiger partial charge in [0.1, 0.15) is 0 Å². The van der Waals surface area contributed by atoms with Crippen LogP contribution in [0.15, 0.2) is 30.3 Å². The molecule has 1 atom stereocenters. The second-order valence-electron chi connectivity index (χ2n) is 3.70. The van der Waals surface area contributed by atoms with Crippen LogP contribution in [0.5, 0.6) is 0 Å². The highest BCUT2D eigenvalue weighted by molar-refractivity contribution is 7.89. The average Bonchev–Trinajstić information content (AvgIpc) is 2.29. The fourth-order valence-corrected chi connectivity index (χ4v) is 2.33. The second-order valence-corrected chi connectivity index (χ2v) is 5.45. The van der Waals surface area contributed by atoms with Gasteiger partial charge >= 0.3 is 12.1 Å². The lowest BCUT2D eigenvalue weighted by Crippen LogP contribution is -2.21. The third-order valence-corrected chi connectivity index (χ3v) is 3.58. The van der Waals surface area contributed by atoms with Crippen LogP contribution in [0.1, 0.15) is 24.2 Å². The maximum atomic E-state index is 11.1. The molecule has 0 heterocycles. The Hall–Kier alpha value is -1.61. The Morgan fingerprint density at radius 3 is 1.95 bits per heavy atom. The van der Waals surface area contributed by atoms with Gasteiger partial charge in [0.05, 0.1) is 5.25 Å². The first-order valence-electron chi connectivity index (χ1n) is 5.36. The van der Waals surface area contributed by atoms with E-state index in [0.29, 0.717) is 6.42 Å². The monoisotopic (exact) mass is 313 g/mol. The molecule has 0 saturated heterocycles. The van der Waals surface area contributed by atoms with E-state index in [2.05, 4.69) is 0 Å². The standard InChI is InChI=1S/C9H13NO2S.C2HF3O2/c1-2-9(13(10,11)12)8-6-4-3-5-7-8;3-2(4,5)1(6)7/h3-7,9H,2H2,1H3,(H2,10,11,12);(H,6,7). The third-order valence-electron chi connectivity index (χ3n) is 2.18. The molecule has 20 heavy (non-hydrogen) atoms. The van der Waals surface area contributed by atoms with Crippen molar-refractivity contribution in [2.45, 2.75) is 24.8 Å². The smallest absolute Gasteiger partial charge is 0.475 e. The van der Waals surface area contributed by atoms with Gasteiger partial charge in [-0.2, -0.15) is 13.2 Å². The van der Waals surface area contributed by atoms with Gasteiger partial charge < -0.3 is 5.11 Å². The van der Waals surface area contributed by atoms with Gasteiger partial charge in [0, 0.05) is 0 Å². The van der Waals surface area contributed by atoms with Crippen molar-refractivity contribution >= 4 is 16.0 Å². The van der Waals surface area contributed by atoms with Crippen LogP contribution in [0.3, 0.4) is 0 Å². The zero-order valence-electron chi connectivity index (χ0n) is 10.5. The summed E-state index contributed by atoms with van der Waals surface area (Å²) in [6.07, 6.45) is -4.58. The van der Waals surface area contributed by atoms with Crippen molar-refractivity contribution < 1.29 is 31.5 Å². The fraction of sp³-hybridized carbons (Fsp3) is 0.364. The molecular formula is C11H14F3NO4S. The second kappa shape index (κ2) is 7.25. The number of hydrogen-bond acceptors (Lipinski definition) is 3. The minimum Gasteiger partial charge on any atom is -0.475 e. The van der Waals surface area contributed by atoms with Crippen molar-refractivity contribution in [2.24, 2.45) is 5.14 Å². The summed E-state index contributed by atoms with van der Waals surface area (Å²) in [5, 5.41) is 11.6. The Morgan fingerprint density at radius 2 is 1.70 bits per heavy atom. The number of carboxylic acids is 1. The zero-order chi connectivity index (χ0) is 16.0. The fourth-order valence-electron chi connectivity index (χ4n) is 1.33. The van der Waals surface area contributed by atoms with Crippen LogP contribution in [0.4, 0.5) is 13.2 Å². The third kappa shape index (κ3) is 6.53. The van der Waals surface area contributed by atoms with Gasteiger partial charge in [-0.1, -0.05) is 37.3 Å². The molecule has 0 saturated carbocycles. The summed E-state index contributed by atoms with van der Waals surface area (Å²) in [7, 11) is -3.47. The number of carboxylic acid groups (broad SMARTS) is 1. The quantitative estimate of drug-likeness (QED) is 0.892. The minimum atomic E-state index is -5.08. The molecule has 1 aromatic carbocycles. The summed E-state index contributed by atoms with van der Waals surface area (Å²) in [4.78, 5) is 8.90. The molecule has 3 N–H and O–H groups in total. The number of hydrogen-bond donors (Lipinski definition) is 2. The molecule has 0 radical (unpaired) electrons. The first-order valence-corrected chi connectivity index (χ1v) is 6.97. The molecule has 0 bridgehead atoms. The van der Waals surface area contributed by atoms with Gasteiger partial charge in [0.2, 0.25) is 10.0 Å². The maximum absolute atomic E-state index is 11.1. The van der Waals surface area contributed by atoms with E-state index in [-0.39, 0.29) is 0 Å². The molecule has 1 unspecified atom stereocenters. The van der Waals surface area contributed by atoms with Crippen LogP contribution in [0.25, 0.3) is 0 Å². The molecule has 0 aliphatic rings. The Labute approximate surface area is 114 Å². The molecule has 1 aromatic rings. The number of primary sulfonamides is 1. The van der Waals surface area contributed by atoms with Crippen LogP contribution in [0.2, 0.25) is 0 Å². The number of alkyl halides is 3. The molecule has 0 spiro atoms. The maximum Gasteiger partial charge on any atom is 0.490 e. The summed E-state index contributed by atoms with van der Waals surface area (Å²) in [6.45, 7) is 1.81. The number of halogens is 3. The predicted octanol–water partition coefficient (Wildman–Crippen LogP) is 2.06. The van der Waals surface area contributed by atoms with E-state index in [1.165, 1.54) is 0 Å². The van der Waals surface area contributed by atoms with E-state index in [0.717, 1.165) is 5.56 Å². The van der Waals surface area contributed by atoms with E-state index in [1.54, 1.807) is 12.1 Å². The molecule has 114 valence electrons. The molecule has 0 aliphatic carbocycles. The summed E-state index contributed by atoms with van der Waals surface area (Å²) in [6, 6.07) is 9.02. The van der Waals surface area contributed by atoms with Crippen LogP contribution in [0, 0.1) is 0 Å². The van der Waals surface area contributed by atoms with Gasteiger partial charge in [-0.05, 0) is 12.0 Å². The average molecular weight is 313 g/mol. The number of benzene rings is 1.